The summed E-state index contributed by atoms with van der Waals surface area (Å²) in [5, 5.41) is 11.8. The lowest BCUT2D eigenvalue weighted by Crippen LogP contribution is -2.29. The number of benzene rings is 2. The summed E-state index contributed by atoms with van der Waals surface area (Å²) in [6.07, 6.45) is -1.04. The normalized spacial score (nSPS) is 11.6. The van der Waals surface area contributed by atoms with Gasteiger partial charge in [0.2, 0.25) is 0 Å². The Hall–Kier alpha value is -3.24. The van der Waals surface area contributed by atoms with E-state index in [1.807, 2.05) is 6.07 Å². The molecule has 0 saturated carbocycles. The highest BCUT2D eigenvalue weighted by Gasteiger charge is 2.23. The Labute approximate surface area is 159 Å². The van der Waals surface area contributed by atoms with Crippen LogP contribution in [0.15, 0.2) is 42.5 Å². The highest BCUT2D eigenvalue weighted by atomic mass is 32.1. The Kier molecular flexibility index (Phi) is 5.19. The van der Waals surface area contributed by atoms with Crippen molar-refractivity contribution >= 4 is 39.0 Å². The predicted molar refractivity (Wildman–Crippen MR) is 101 cm³/mol. The number of nitrogens with zero attached hydrogens (tertiary/aromatic N) is 1. The van der Waals surface area contributed by atoms with Crippen LogP contribution in [-0.4, -0.2) is 18.0 Å². The number of nitrogens with one attached hydrogen (secondary N) is 1. The number of carbonyl (C=O) groups excluding carboxylic acids is 2. The number of halogens is 1. The third-order valence-corrected chi connectivity index (χ3v) is 5.26. The van der Waals surface area contributed by atoms with Crippen molar-refractivity contribution in [2.75, 3.05) is 5.32 Å². The molecular weight excluding hydrogens is 367 g/mol. The van der Waals surface area contributed by atoms with E-state index in [-0.39, 0.29) is 4.88 Å². The molecule has 0 aliphatic heterocycles. The fourth-order valence-corrected chi connectivity index (χ4v) is 3.69. The maximum Gasteiger partial charge on any atom is 0.349 e. The van der Waals surface area contributed by atoms with Gasteiger partial charge >= 0.3 is 5.97 Å². The van der Waals surface area contributed by atoms with E-state index in [1.54, 1.807) is 43.3 Å². The lowest BCUT2D eigenvalue weighted by Gasteiger charge is -2.13. The van der Waals surface area contributed by atoms with Crippen LogP contribution in [0.3, 0.4) is 0 Å². The summed E-state index contributed by atoms with van der Waals surface area (Å²) in [6, 6.07) is 13.0. The van der Waals surface area contributed by atoms with Gasteiger partial charge in [0.15, 0.2) is 6.10 Å². The largest absolute Gasteiger partial charge is 0.448 e. The van der Waals surface area contributed by atoms with Crippen molar-refractivity contribution in [3.8, 4) is 6.07 Å². The third kappa shape index (κ3) is 3.81. The van der Waals surface area contributed by atoms with E-state index >= 15 is 0 Å². The monoisotopic (exact) mass is 382 g/mol. The number of amides is 1. The number of carbonyl (C=O) groups is 2. The molecule has 1 N–H and O–H groups in total. The van der Waals surface area contributed by atoms with Crippen LogP contribution in [0.4, 0.5) is 10.1 Å². The van der Waals surface area contributed by atoms with E-state index in [1.165, 1.54) is 13.0 Å². The fourth-order valence-electron chi connectivity index (χ4n) is 2.59. The molecule has 0 saturated heterocycles. The van der Waals surface area contributed by atoms with Gasteiger partial charge in [-0.1, -0.05) is 6.07 Å². The number of hydrogen-bond acceptors (Lipinski definition) is 5. The van der Waals surface area contributed by atoms with Gasteiger partial charge in [-0.15, -0.1) is 11.3 Å². The summed E-state index contributed by atoms with van der Waals surface area (Å²) in [5.74, 6) is -1.57. The van der Waals surface area contributed by atoms with Crippen LogP contribution in [0.1, 0.15) is 27.7 Å². The molecule has 1 heterocycles. The molecule has 0 radical (unpaired) electrons. The molecular formula is C20H15FN2O3S. The molecule has 2 aromatic carbocycles. The summed E-state index contributed by atoms with van der Waals surface area (Å²) in [6.45, 7) is 3.11. The molecule has 1 atom stereocenters. The summed E-state index contributed by atoms with van der Waals surface area (Å²) in [7, 11) is 0. The zero-order valence-electron chi connectivity index (χ0n) is 14.6. The molecule has 1 amide bonds. The second-order valence-electron chi connectivity index (χ2n) is 5.90. The Morgan fingerprint density at radius 1 is 1.22 bits per heavy atom. The van der Waals surface area contributed by atoms with Crippen molar-refractivity contribution in [3.63, 3.8) is 0 Å². The summed E-state index contributed by atoms with van der Waals surface area (Å²) in [5.41, 5.74) is 1.46. The molecule has 3 aromatic rings. The molecule has 0 aliphatic rings. The van der Waals surface area contributed by atoms with Crippen LogP contribution in [0.5, 0.6) is 0 Å². The minimum absolute atomic E-state index is 0.271. The van der Waals surface area contributed by atoms with Crippen molar-refractivity contribution < 1.29 is 18.7 Å². The first-order chi connectivity index (χ1) is 12.9. The van der Waals surface area contributed by atoms with Gasteiger partial charge in [0.05, 0.1) is 11.6 Å². The van der Waals surface area contributed by atoms with Crippen LogP contribution in [0.25, 0.3) is 10.1 Å². The smallest absolute Gasteiger partial charge is 0.349 e. The van der Waals surface area contributed by atoms with Crippen molar-refractivity contribution in [1.82, 2.24) is 0 Å². The number of aryl methyl sites for hydroxylation is 1. The van der Waals surface area contributed by atoms with Crippen molar-refractivity contribution in [3.05, 3.63) is 64.3 Å². The van der Waals surface area contributed by atoms with E-state index in [2.05, 4.69) is 5.32 Å². The number of fused-ring (bicyclic) bond motifs is 1. The first kappa shape index (κ1) is 18.5. The summed E-state index contributed by atoms with van der Waals surface area (Å²) >= 11 is 1.13. The zero-order chi connectivity index (χ0) is 19.6. The van der Waals surface area contributed by atoms with Gasteiger partial charge in [-0.05, 0) is 55.8 Å². The van der Waals surface area contributed by atoms with Gasteiger partial charge in [0, 0.05) is 15.8 Å². The molecule has 0 aliphatic carbocycles. The molecule has 27 heavy (non-hydrogen) atoms. The van der Waals surface area contributed by atoms with E-state index in [9.17, 15) is 14.0 Å². The van der Waals surface area contributed by atoms with Crippen LogP contribution in [0.2, 0.25) is 0 Å². The molecule has 0 fully saturated rings. The maximum atomic E-state index is 14.0. The molecule has 7 heteroatoms. The number of ether oxygens (including phenoxy) is 1. The molecule has 136 valence electrons. The number of hydrogen-bond donors (Lipinski definition) is 1. The van der Waals surface area contributed by atoms with E-state index < -0.39 is 23.8 Å². The average Bonchev–Trinajstić information content (AvgIpc) is 3.00. The summed E-state index contributed by atoms with van der Waals surface area (Å²) < 4.78 is 19.9. The Bertz CT molecular complexity index is 1070. The van der Waals surface area contributed by atoms with Crippen LogP contribution in [0, 0.1) is 24.1 Å². The molecule has 0 unspecified atom stereocenters. The number of nitriles is 1. The second-order valence-corrected chi connectivity index (χ2v) is 6.95. The predicted octanol–water partition coefficient (Wildman–Crippen LogP) is 4.40. The van der Waals surface area contributed by atoms with Gasteiger partial charge in [-0.25, -0.2) is 9.18 Å². The average molecular weight is 382 g/mol. The molecule has 0 bridgehead atoms. The molecule has 0 spiro atoms. The Morgan fingerprint density at radius 3 is 2.56 bits per heavy atom. The minimum Gasteiger partial charge on any atom is -0.448 e. The first-order valence-electron chi connectivity index (χ1n) is 8.10. The van der Waals surface area contributed by atoms with Crippen LogP contribution < -0.4 is 5.32 Å². The quantitative estimate of drug-likeness (QED) is 0.678. The van der Waals surface area contributed by atoms with Crippen LogP contribution in [-0.2, 0) is 9.53 Å². The van der Waals surface area contributed by atoms with Crippen molar-refractivity contribution in [2.24, 2.45) is 0 Å². The number of esters is 1. The number of anilines is 1. The number of rotatable bonds is 4. The van der Waals surface area contributed by atoms with Gasteiger partial charge in [0.25, 0.3) is 5.91 Å². The molecule has 1 aromatic heterocycles. The zero-order valence-corrected chi connectivity index (χ0v) is 15.4. The van der Waals surface area contributed by atoms with Gasteiger partial charge in [0.1, 0.15) is 10.7 Å². The Balaban J connectivity index is 1.71. The van der Waals surface area contributed by atoms with Crippen LogP contribution >= 0.6 is 11.3 Å². The maximum absolute atomic E-state index is 14.0. The lowest BCUT2D eigenvalue weighted by molar-refractivity contribution is -0.123. The van der Waals surface area contributed by atoms with Crippen molar-refractivity contribution in [1.29, 1.82) is 5.26 Å². The van der Waals surface area contributed by atoms with Gasteiger partial charge < -0.3 is 10.1 Å². The molecule has 3 rings (SSSR count). The SMILES string of the molecule is Cc1c(C(=O)O[C@H](C)C(=O)Nc2ccc(C#N)cc2)sc2cccc(F)c12. The summed E-state index contributed by atoms with van der Waals surface area (Å²) in [4.78, 5) is 25.0. The highest BCUT2D eigenvalue weighted by Crippen LogP contribution is 2.33. The standard InChI is InChI=1S/C20H15FN2O3S/c1-11-17-15(21)4-3-5-16(17)27-18(11)20(25)26-12(2)19(24)23-14-8-6-13(10-22)7-9-14/h3-9,12H,1-2H3,(H,23,24)/t12-/m1/s1. The first-order valence-corrected chi connectivity index (χ1v) is 8.92. The second kappa shape index (κ2) is 7.56. The van der Waals surface area contributed by atoms with E-state index in [0.717, 1.165) is 11.3 Å². The molecule has 5 nitrogen and oxygen atoms in total. The number of thiophene rings is 1. The van der Waals surface area contributed by atoms with Gasteiger partial charge in [-0.3, -0.25) is 4.79 Å². The Morgan fingerprint density at radius 2 is 1.93 bits per heavy atom. The van der Waals surface area contributed by atoms with E-state index in [4.69, 9.17) is 10.00 Å². The van der Waals surface area contributed by atoms with Crippen molar-refractivity contribution in [2.45, 2.75) is 20.0 Å². The topological polar surface area (TPSA) is 79.2 Å². The van der Waals surface area contributed by atoms with E-state index in [0.29, 0.717) is 26.9 Å². The fraction of sp³-hybridized carbons (Fsp3) is 0.150. The highest BCUT2D eigenvalue weighted by molar-refractivity contribution is 7.21. The lowest BCUT2D eigenvalue weighted by atomic mass is 10.1. The third-order valence-electron chi connectivity index (χ3n) is 4.02. The van der Waals surface area contributed by atoms with Gasteiger partial charge in [-0.2, -0.15) is 5.26 Å². The minimum atomic E-state index is -1.04.